The second-order valence-corrected chi connectivity index (χ2v) is 6.41. The topological polar surface area (TPSA) is 104 Å². The second kappa shape index (κ2) is 7.96. The molecule has 2 aromatic heterocycles. The molecule has 1 saturated heterocycles. The third-order valence-corrected chi connectivity index (χ3v) is 4.65. The molecular formula is C19H21ClN4O3. The normalized spacial score (nSPS) is 14.8. The summed E-state index contributed by atoms with van der Waals surface area (Å²) < 4.78 is 5.36. The van der Waals surface area contributed by atoms with Crippen LogP contribution >= 0.6 is 12.4 Å². The third kappa shape index (κ3) is 3.90. The molecule has 0 radical (unpaired) electrons. The van der Waals surface area contributed by atoms with Gasteiger partial charge in [0.15, 0.2) is 5.88 Å². The zero-order valence-electron chi connectivity index (χ0n) is 14.6. The van der Waals surface area contributed by atoms with E-state index in [4.69, 9.17) is 10.5 Å². The minimum atomic E-state index is -0.507. The summed E-state index contributed by atoms with van der Waals surface area (Å²) in [6.07, 6.45) is 1.82. The number of amides is 1. The van der Waals surface area contributed by atoms with E-state index in [0.717, 1.165) is 43.9 Å². The molecule has 7 nitrogen and oxygen atoms in total. The number of aromatic amines is 1. The van der Waals surface area contributed by atoms with Crippen molar-refractivity contribution >= 4 is 29.2 Å². The van der Waals surface area contributed by atoms with Gasteiger partial charge in [-0.2, -0.15) is 0 Å². The lowest BCUT2D eigenvalue weighted by Crippen LogP contribution is -2.35. The van der Waals surface area contributed by atoms with Gasteiger partial charge >= 0.3 is 0 Å². The van der Waals surface area contributed by atoms with E-state index < -0.39 is 5.91 Å². The predicted octanol–water partition coefficient (Wildman–Crippen LogP) is 2.29. The molecule has 142 valence electrons. The van der Waals surface area contributed by atoms with Crippen LogP contribution in [0.2, 0.25) is 0 Å². The quantitative estimate of drug-likeness (QED) is 0.636. The van der Waals surface area contributed by atoms with E-state index in [2.05, 4.69) is 14.9 Å². The van der Waals surface area contributed by atoms with Gasteiger partial charge < -0.3 is 20.6 Å². The van der Waals surface area contributed by atoms with Crippen LogP contribution in [-0.2, 0) is 11.3 Å². The number of halogens is 1. The number of nitrogens with zero attached hydrogens (tertiary/aromatic N) is 2. The largest absolute Gasteiger partial charge is 0.494 e. The molecule has 4 rings (SSSR count). The van der Waals surface area contributed by atoms with Crippen LogP contribution in [0.1, 0.15) is 15.9 Å². The Balaban J connectivity index is 0.00000210. The van der Waals surface area contributed by atoms with Crippen molar-refractivity contribution in [3.63, 3.8) is 0 Å². The Kier molecular flexibility index (Phi) is 5.65. The highest BCUT2D eigenvalue weighted by Gasteiger charge is 2.16. The molecular weight excluding hydrogens is 368 g/mol. The number of pyridine rings is 1. The summed E-state index contributed by atoms with van der Waals surface area (Å²) in [5, 5.41) is 11.0. The molecule has 27 heavy (non-hydrogen) atoms. The lowest BCUT2D eigenvalue weighted by molar-refractivity contribution is 0.0341. The van der Waals surface area contributed by atoms with Gasteiger partial charge in [-0.05, 0) is 29.8 Å². The van der Waals surface area contributed by atoms with Crippen molar-refractivity contribution in [3.05, 3.63) is 47.7 Å². The maximum atomic E-state index is 11.5. The monoisotopic (exact) mass is 388 g/mol. The first kappa shape index (κ1) is 19.2. The minimum Gasteiger partial charge on any atom is -0.494 e. The van der Waals surface area contributed by atoms with Gasteiger partial charge in [-0.3, -0.25) is 14.7 Å². The fraction of sp³-hybridized carbons (Fsp3) is 0.263. The van der Waals surface area contributed by atoms with Gasteiger partial charge in [-0.15, -0.1) is 12.4 Å². The third-order valence-electron chi connectivity index (χ3n) is 4.65. The Morgan fingerprint density at radius 2 is 2.04 bits per heavy atom. The van der Waals surface area contributed by atoms with Crippen LogP contribution in [0.4, 0.5) is 0 Å². The van der Waals surface area contributed by atoms with Gasteiger partial charge in [0.2, 0.25) is 5.91 Å². The summed E-state index contributed by atoms with van der Waals surface area (Å²) in [5.74, 6) is -0.484. The van der Waals surface area contributed by atoms with E-state index >= 15 is 0 Å². The fourth-order valence-electron chi connectivity index (χ4n) is 3.27. The molecule has 0 bridgehead atoms. The van der Waals surface area contributed by atoms with Crippen LogP contribution in [0.25, 0.3) is 22.2 Å². The SMILES string of the molecule is Cl.NC(=O)c1ccc2[nH]c(O)c(-c3ccc(CN4CCOCC4)cn3)c2c1. The van der Waals surface area contributed by atoms with Gasteiger partial charge in [-0.1, -0.05) is 6.07 Å². The van der Waals surface area contributed by atoms with Gasteiger partial charge in [0.05, 0.1) is 24.5 Å². The van der Waals surface area contributed by atoms with E-state index in [-0.39, 0.29) is 18.3 Å². The molecule has 1 amide bonds. The molecule has 1 aliphatic rings. The number of H-pyrrole nitrogens is 1. The number of morpholine rings is 1. The highest BCUT2D eigenvalue weighted by Crippen LogP contribution is 2.36. The number of fused-ring (bicyclic) bond motifs is 1. The summed E-state index contributed by atoms with van der Waals surface area (Å²) in [4.78, 5) is 21.2. The van der Waals surface area contributed by atoms with Crippen molar-refractivity contribution in [2.75, 3.05) is 26.3 Å². The molecule has 1 aromatic carbocycles. The summed E-state index contributed by atoms with van der Waals surface area (Å²) in [7, 11) is 0. The maximum absolute atomic E-state index is 11.5. The number of carbonyl (C=O) groups is 1. The first-order valence-electron chi connectivity index (χ1n) is 8.52. The Bertz CT molecular complexity index is 949. The zero-order chi connectivity index (χ0) is 18.1. The van der Waals surface area contributed by atoms with E-state index in [1.165, 1.54) is 0 Å². The van der Waals surface area contributed by atoms with Crippen LogP contribution in [0.5, 0.6) is 5.88 Å². The number of hydrogen-bond acceptors (Lipinski definition) is 5. The maximum Gasteiger partial charge on any atom is 0.248 e. The Labute approximate surface area is 162 Å². The second-order valence-electron chi connectivity index (χ2n) is 6.41. The average molecular weight is 389 g/mol. The molecule has 0 unspecified atom stereocenters. The van der Waals surface area contributed by atoms with Gasteiger partial charge in [0, 0.05) is 42.3 Å². The number of aromatic nitrogens is 2. The number of carbonyl (C=O) groups excluding carboxylic acids is 1. The summed E-state index contributed by atoms with van der Waals surface area (Å²) in [6.45, 7) is 4.18. The number of rotatable bonds is 4. The Hall–Kier alpha value is -2.61. The Morgan fingerprint density at radius 1 is 1.26 bits per heavy atom. The first-order chi connectivity index (χ1) is 12.6. The van der Waals surface area contributed by atoms with Crippen LogP contribution in [0, 0.1) is 0 Å². The molecule has 0 atom stereocenters. The van der Waals surface area contributed by atoms with Crippen LogP contribution in [0.15, 0.2) is 36.5 Å². The van der Waals surface area contributed by atoms with Gasteiger partial charge in [0.1, 0.15) is 0 Å². The van der Waals surface area contributed by atoms with Crippen molar-refractivity contribution in [2.24, 2.45) is 5.73 Å². The van der Waals surface area contributed by atoms with Crippen LogP contribution < -0.4 is 5.73 Å². The van der Waals surface area contributed by atoms with Crippen molar-refractivity contribution in [2.45, 2.75) is 6.54 Å². The van der Waals surface area contributed by atoms with Crippen molar-refractivity contribution in [3.8, 4) is 17.1 Å². The predicted molar refractivity (Wildman–Crippen MR) is 105 cm³/mol. The highest BCUT2D eigenvalue weighted by atomic mass is 35.5. The van der Waals surface area contributed by atoms with Crippen LogP contribution in [0.3, 0.4) is 0 Å². The number of nitrogens with two attached hydrogens (primary N) is 1. The number of nitrogens with one attached hydrogen (secondary N) is 1. The summed E-state index contributed by atoms with van der Waals surface area (Å²) in [6, 6.07) is 8.92. The van der Waals surface area contributed by atoms with E-state index in [1.807, 2.05) is 18.3 Å². The fourth-order valence-corrected chi connectivity index (χ4v) is 3.27. The Morgan fingerprint density at radius 3 is 2.70 bits per heavy atom. The molecule has 4 N–H and O–H groups in total. The smallest absolute Gasteiger partial charge is 0.248 e. The van der Waals surface area contributed by atoms with Gasteiger partial charge in [-0.25, -0.2) is 0 Å². The first-order valence-corrected chi connectivity index (χ1v) is 8.52. The standard InChI is InChI=1S/C19H20N4O3.ClH/c20-18(24)13-2-4-15-14(9-13)17(19(25)22-15)16-3-1-12(10-21-16)11-23-5-7-26-8-6-23;/h1-4,9-10,22,25H,5-8,11H2,(H2,20,24);1H. The molecule has 8 heteroatoms. The van der Waals surface area contributed by atoms with E-state index in [9.17, 15) is 9.90 Å². The molecule has 3 aromatic rings. The lowest BCUT2D eigenvalue weighted by atomic mass is 10.1. The number of hydrogen-bond donors (Lipinski definition) is 3. The van der Waals surface area contributed by atoms with Gasteiger partial charge in [0.25, 0.3) is 0 Å². The van der Waals surface area contributed by atoms with E-state index in [1.54, 1.807) is 18.2 Å². The molecule has 3 heterocycles. The number of benzene rings is 1. The van der Waals surface area contributed by atoms with Crippen LogP contribution in [-0.4, -0.2) is 52.2 Å². The van der Waals surface area contributed by atoms with Crippen molar-refractivity contribution in [1.82, 2.24) is 14.9 Å². The molecule has 0 spiro atoms. The average Bonchev–Trinajstić information content (AvgIpc) is 2.98. The van der Waals surface area contributed by atoms with E-state index in [0.29, 0.717) is 22.2 Å². The summed E-state index contributed by atoms with van der Waals surface area (Å²) >= 11 is 0. The number of primary amides is 1. The lowest BCUT2D eigenvalue weighted by Gasteiger charge is -2.26. The highest BCUT2D eigenvalue weighted by molar-refractivity contribution is 6.03. The minimum absolute atomic E-state index is 0. The molecule has 0 aliphatic carbocycles. The summed E-state index contributed by atoms with van der Waals surface area (Å²) in [5.41, 5.74) is 8.80. The van der Waals surface area contributed by atoms with Crippen molar-refractivity contribution in [1.29, 1.82) is 0 Å². The number of ether oxygens (including phenoxy) is 1. The number of aromatic hydroxyl groups is 1. The van der Waals surface area contributed by atoms with Crippen molar-refractivity contribution < 1.29 is 14.6 Å². The molecule has 1 aliphatic heterocycles. The zero-order valence-corrected chi connectivity index (χ0v) is 15.5. The molecule has 1 fully saturated rings. The molecule has 0 saturated carbocycles.